The molecule has 0 spiro atoms. The van der Waals surface area contributed by atoms with Gasteiger partial charge in [0.1, 0.15) is 24.2 Å². The Morgan fingerprint density at radius 1 is 1.26 bits per heavy atom. The minimum absolute atomic E-state index is 0.0764. The standard InChI is InChI=1S/C18H27N3O6/c1-11(23)20-4-6-21(7-5-20)16-17(24)15(14-10-25-18(16)27-14)19-8-12-2-3-13(9-22)26-12/h2-3,14-19,22,24H,4-10H2,1H3/t14-,15-,16-,17+,18-/m1/s1. The predicted octanol–water partition coefficient (Wildman–Crippen LogP) is -1.12. The quantitative estimate of drug-likeness (QED) is 0.589. The van der Waals surface area contributed by atoms with Crippen molar-refractivity contribution in [1.82, 2.24) is 15.1 Å². The van der Waals surface area contributed by atoms with Gasteiger partial charge in [0.15, 0.2) is 6.29 Å². The summed E-state index contributed by atoms with van der Waals surface area (Å²) in [6.07, 6.45) is -1.32. The summed E-state index contributed by atoms with van der Waals surface area (Å²) in [5, 5.41) is 23.5. The third kappa shape index (κ3) is 3.75. The Morgan fingerprint density at radius 3 is 2.67 bits per heavy atom. The Bertz CT molecular complexity index is 659. The van der Waals surface area contributed by atoms with Gasteiger partial charge in [0.2, 0.25) is 5.91 Å². The molecule has 3 fully saturated rings. The molecule has 9 heteroatoms. The molecule has 4 heterocycles. The highest BCUT2D eigenvalue weighted by Crippen LogP contribution is 2.32. The van der Waals surface area contributed by atoms with Gasteiger partial charge < -0.3 is 34.3 Å². The molecule has 2 bridgehead atoms. The Kier molecular flexibility index (Phi) is 5.49. The maximum Gasteiger partial charge on any atom is 0.219 e. The van der Waals surface area contributed by atoms with Crippen LogP contribution in [0, 0.1) is 0 Å². The molecule has 1 amide bonds. The minimum atomic E-state index is -0.660. The number of nitrogens with one attached hydrogen (secondary N) is 1. The average Bonchev–Trinajstić information content (AvgIpc) is 3.30. The van der Waals surface area contributed by atoms with Gasteiger partial charge in [0.05, 0.1) is 31.3 Å². The molecule has 27 heavy (non-hydrogen) atoms. The molecule has 0 unspecified atom stereocenters. The third-order valence-electron chi connectivity index (χ3n) is 5.70. The van der Waals surface area contributed by atoms with Crippen LogP contribution in [-0.2, 0) is 27.4 Å². The second-order valence-corrected chi connectivity index (χ2v) is 7.33. The third-order valence-corrected chi connectivity index (χ3v) is 5.70. The van der Waals surface area contributed by atoms with Crippen LogP contribution in [0.2, 0.25) is 0 Å². The largest absolute Gasteiger partial charge is 0.462 e. The number of nitrogens with zero attached hydrogens (tertiary/aromatic N) is 2. The van der Waals surface area contributed by atoms with Gasteiger partial charge in [-0.2, -0.15) is 0 Å². The van der Waals surface area contributed by atoms with Crippen molar-refractivity contribution in [2.45, 2.75) is 50.7 Å². The molecule has 5 atom stereocenters. The van der Waals surface area contributed by atoms with E-state index in [0.29, 0.717) is 50.9 Å². The van der Waals surface area contributed by atoms with Crippen LogP contribution < -0.4 is 5.32 Å². The fourth-order valence-electron chi connectivity index (χ4n) is 4.20. The molecular formula is C18H27N3O6. The van der Waals surface area contributed by atoms with Crippen molar-refractivity contribution in [3.8, 4) is 0 Å². The number of furan rings is 1. The summed E-state index contributed by atoms with van der Waals surface area (Å²) in [5.41, 5.74) is 0. The molecule has 4 rings (SSSR count). The highest BCUT2D eigenvalue weighted by molar-refractivity contribution is 5.73. The maximum atomic E-state index is 11.5. The maximum absolute atomic E-state index is 11.5. The van der Waals surface area contributed by atoms with Crippen LogP contribution in [0.25, 0.3) is 0 Å². The lowest BCUT2D eigenvalue weighted by Crippen LogP contribution is -2.66. The summed E-state index contributed by atoms with van der Waals surface area (Å²) in [7, 11) is 0. The molecule has 1 aromatic heterocycles. The topological polar surface area (TPSA) is 108 Å². The molecule has 3 aliphatic heterocycles. The number of ether oxygens (including phenoxy) is 2. The van der Waals surface area contributed by atoms with Crippen LogP contribution >= 0.6 is 0 Å². The molecule has 0 radical (unpaired) electrons. The lowest BCUT2D eigenvalue weighted by atomic mass is 9.94. The smallest absolute Gasteiger partial charge is 0.219 e. The van der Waals surface area contributed by atoms with Crippen LogP contribution in [0.5, 0.6) is 0 Å². The summed E-state index contributed by atoms with van der Waals surface area (Å²) in [5.74, 6) is 1.28. The second-order valence-electron chi connectivity index (χ2n) is 7.33. The van der Waals surface area contributed by atoms with E-state index in [4.69, 9.17) is 19.0 Å². The van der Waals surface area contributed by atoms with E-state index in [0.717, 1.165) is 0 Å². The van der Waals surface area contributed by atoms with Crippen LogP contribution in [-0.4, -0.2) is 89.3 Å². The van der Waals surface area contributed by atoms with E-state index < -0.39 is 12.4 Å². The number of aliphatic hydroxyl groups is 2. The molecule has 0 saturated carbocycles. The fourth-order valence-corrected chi connectivity index (χ4v) is 4.20. The molecular weight excluding hydrogens is 354 g/mol. The lowest BCUT2D eigenvalue weighted by Gasteiger charge is -2.46. The average molecular weight is 381 g/mol. The van der Waals surface area contributed by atoms with E-state index in [1.807, 2.05) is 4.90 Å². The Hall–Kier alpha value is -1.49. The van der Waals surface area contributed by atoms with Gasteiger partial charge in [0, 0.05) is 33.1 Å². The molecule has 3 saturated heterocycles. The van der Waals surface area contributed by atoms with E-state index in [-0.39, 0.29) is 30.7 Å². The van der Waals surface area contributed by atoms with Crippen LogP contribution in [0.3, 0.4) is 0 Å². The highest BCUT2D eigenvalue weighted by Gasteiger charge is 2.52. The molecule has 0 aliphatic carbocycles. The number of carbonyl (C=O) groups excluding carboxylic acids is 1. The zero-order valence-corrected chi connectivity index (χ0v) is 15.4. The number of fused-ring (bicyclic) bond motifs is 2. The second kappa shape index (κ2) is 7.86. The molecule has 3 N–H and O–H groups in total. The normalized spacial score (nSPS) is 34.2. The Labute approximate surface area is 157 Å². The van der Waals surface area contributed by atoms with Crippen molar-refractivity contribution < 1.29 is 28.9 Å². The van der Waals surface area contributed by atoms with E-state index in [9.17, 15) is 9.90 Å². The van der Waals surface area contributed by atoms with Gasteiger partial charge in [-0.05, 0) is 12.1 Å². The van der Waals surface area contributed by atoms with Crippen LogP contribution in [0.4, 0.5) is 0 Å². The molecule has 150 valence electrons. The Balaban J connectivity index is 1.40. The van der Waals surface area contributed by atoms with Crippen molar-refractivity contribution in [2.75, 3.05) is 32.8 Å². The number of piperazine rings is 1. The zero-order valence-electron chi connectivity index (χ0n) is 15.4. The number of rotatable bonds is 5. The van der Waals surface area contributed by atoms with Crippen molar-refractivity contribution in [3.05, 3.63) is 23.7 Å². The predicted molar refractivity (Wildman–Crippen MR) is 93.5 cm³/mol. The number of aliphatic hydroxyl groups excluding tert-OH is 2. The van der Waals surface area contributed by atoms with Gasteiger partial charge in [-0.25, -0.2) is 0 Å². The number of hydrogen-bond donors (Lipinski definition) is 3. The molecule has 3 aliphatic rings. The van der Waals surface area contributed by atoms with Crippen molar-refractivity contribution in [1.29, 1.82) is 0 Å². The van der Waals surface area contributed by atoms with Crippen molar-refractivity contribution in [3.63, 3.8) is 0 Å². The van der Waals surface area contributed by atoms with Crippen LogP contribution in [0.1, 0.15) is 18.4 Å². The highest BCUT2D eigenvalue weighted by atomic mass is 16.7. The van der Waals surface area contributed by atoms with Gasteiger partial charge in [-0.15, -0.1) is 0 Å². The van der Waals surface area contributed by atoms with Crippen LogP contribution in [0.15, 0.2) is 16.5 Å². The number of amides is 1. The van der Waals surface area contributed by atoms with E-state index in [2.05, 4.69) is 10.2 Å². The molecule has 1 aromatic rings. The van der Waals surface area contributed by atoms with Crippen molar-refractivity contribution >= 4 is 5.91 Å². The summed E-state index contributed by atoms with van der Waals surface area (Å²) in [4.78, 5) is 15.5. The summed E-state index contributed by atoms with van der Waals surface area (Å²) in [6.45, 7) is 4.95. The van der Waals surface area contributed by atoms with Gasteiger partial charge >= 0.3 is 0 Å². The Morgan fingerprint density at radius 2 is 2.00 bits per heavy atom. The number of carbonyl (C=O) groups is 1. The van der Waals surface area contributed by atoms with E-state index in [1.54, 1.807) is 19.1 Å². The first-order valence-corrected chi connectivity index (χ1v) is 9.43. The first-order valence-electron chi connectivity index (χ1n) is 9.43. The molecule has 9 nitrogen and oxygen atoms in total. The molecule has 0 aromatic carbocycles. The lowest BCUT2D eigenvalue weighted by molar-refractivity contribution is -0.187. The summed E-state index contributed by atoms with van der Waals surface area (Å²) >= 11 is 0. The van der Waals surface area contributed by atoms with Gasteiger partial charge in [0.25, 0.3) is 0 Å². The van der Waals surface area contributed by atoms with Gasteiger partial charge in [-0.3, -0.25) is 9.69 Å². The first-order chi connectivity index (χ1) is 13.1. The fraction of sp³-hybridized carbons (Fsp3) is 0.722. The monoisotopic (exact) mass is 381 g/mol. The number of hydrogen-bond acceptors (Lipinski definition) is 8. The van der Waals surface area contributed by atoms with Gasteiger partial charge in [-0.1, -0.05) is 0 Å². The van der Waals surface area contributed by atoms with Crippen molar-refractivity contribution in [2.24, 2.45) is 0 Å². The minimum Gasteiger partial charge on any atom is -0.462 e. The summed E-state index contributed by atoms with van der Waals surface area (Å²) in [6, 6.07) is 2.97. The van der Waals surface area contributed by atoms with E-state index >= 15 is 0 Å². The van der Waals surface area contributed by atoms with E-state index in [1.165, 1.54) is 0 Å². The first kappa shape index (κ1) is 18.9. The SMILES string of the molecule is CC(=O)N1CCN([C@H]2[C@@H]3OC[C@@H](O3)[C@@H](NCc3ccc(CO)o3)[C@@H]2O)CC1. The zero-order chi connectivity index (χ0) is 19.0. The summed E-state index contributed by atoms with van der Waals surface area (Å²) < 4.78 is 17.3.